The fraction of sp³-hybridized carbons (Fsp3) is 0.417. The monoisotopic (exact) mass is 281 g/mol. The van der Waals surface area contributed by atoms with E-state index in [1.165, 1.54) is 16.7 Å². The Morgan fingerprint density at radius 1 is 1.58 bits per heavy atom. The molecule has 2 rings (SSSR count). The Morgan fingerprint density at radius 3 is 2.95 bits per heavy atom. The number of hydrogen-bond acceptors (Lipinski definition) is 4. The van der Waals surface area contributed by atoms with Crippen LogP contribution in [0, 0.1) is 6.92 Å². The van der Waals surface area contributed by atoms with Gasteiger partial charge in [-0.25, -0.2) is 9.59 Å². The molecule has 1 aliphatic rings. The molecule has 1 fully saturated rings. The Labute approximate surface area is 115 Å². The number of hydrogen-bond donors (Lipinski definition) is 2. The number of urea groups is 1. The lowest BCUT2D eigenvalue weighted by molar-refractivity contribution is -0.141. The molecule has 19 heavy (non-hydrogen) atoms. The van der Waals surface area contributed by atoms with E-state index in [-0.39, 0.29) is 5.37 Å². The smallest absolute Gasteiger partial charge is 0.327 e. The third-order valence-electron chi connectivity index (χ3n) is 2.99. The number of aryl methyl sites for hydroxylation is 1. The molecule has 0 saturated carbocycles. The van der Waals surface area contributed by atoms with Gasteiger partial charge in [0, 0.05) is 11.9 Å². The molecule has 0 aliphatic carbocycles. The van der Waals surface area contributed by atoms with Gasteiger partial charge in [0.2, 0.25) is 0 Å². The highest BCUT2D eigenvalue weighted by Gasteiger charge is 2.39. The first-order valence-corrected chi connectivity index (χ1v) is 6.91. The molecule has 2 amide bonds. The van der Waals surface area contributed by atoms with E-state index in [1.54, 1.807) is 25.3 Å². The maximum Gasteiger partial charge on any atom is 0.327 e. The highest BCUT2D eigenvalue weighted by Crippen LogP contribution is 2.29. The Bertz CT molecular complexity index is 509. The van der Waals surface area contributed by atoms with Gasteiger partial charge >= 0.3 is 12.0 Å². The normalized spacial score (nSPS) is 22.3. The lowest BCUT2D eigenvalue weighted by Crippen LogP contribution is -2.46. The standard InChI is InChI=1S/C12H15N3O3S/c1-7-9(4-3-5-13-7)14-12(18)15-8(2)19-6-10(15)11(16)17/h3-5,8,10H,6H2,1-2H3,(H,14,18)(H,16,17). The maximum atomic E-state index is 12.2. The van der Waals surface area contributed by atoms with Crippen LogP contribution in [0.25, 0.3) is 0 Å². The number of nitrogens with one attached hydrogen (secondary N) is 1. The zero-order chi connectivity index (χ0) is 14.0. The minimum absolute atomic E-state index is 0.155. The van der Waals surface area contributed by atoms with E-state index in [0.717, 1.165) is 0 Å². The van der Waals surface area contributed by atoms with Gasteiger partial charge in [0.1, 0.15) is 6.04 Å². The summed E-state index contributed by atoms with van der Waals surface area (Å²) in [6.07, 6.45) is 1.64. The van der Waals surface area contributed by atoms with Crippen molar-refractivity contribution in [2.24, 2.45) is 0 Å². The maximum absolute atomic E-state index is 12.2. The van der Waals surface area contributed by atoms with Crippen molar-refractivity contribution in [1.82, 2.24) is 9.88 Å². The van der Waals surface area contributed by atoms with Gasteiger partial charge in [0.15, 0.2) is 0 Å². The second kappa shape index (κ2) is 5.48. The minimum Gasteiger partial charge on any atom is -0.480 e. The Balaban J connectivity index is 2.15. The molecule has 0 aromatic carbocycles. The molecule has 1 aromatic rings. The van der Waals surface area contributed by atoms with Crippen molar-refractivity contribution >= 4 is 29.4 Å². The van der Waals surface area contributed by atoms with E-state index in [2.05, 4.69) is 10.3 Å². The van der Waals surface area contributed by atoms with Crippen molar-refractivity contribution < 1.29 is 14.7 Å². The largest absolute Gasteiger partial charge is 0.480 e. The average molecular weight is 281 g/mol. The SMILES string of the molecule is Cc1ncccc1NC(=O)N1C(C)SCC1C(=O)O. The number of anilines is 1. The first kappa shape index (κ1) is 13.7. The highest BCUT2D eigenvalue weighted by atomic mass is 32.2. The summed E-state index contributed by atoms with van der Waals surface area (Å²) in [4.78, 5) is 28.8. The van der Waals surface area contributed by atoms with Crippen molar-refractivity contribution in [1.29, 1.82) is 0 Å². The van der Waals surface area contributed by atoms with Crippen LogP contribution in [-0.4, -0.2) is 44.2 Å². The molecular weight excluding hydrogens is 266 g/mol. The van der Waals surface area contributed by atoms with E-state index < -0.39 is 18.0 Å². The van der Waals surface area contributed by atoms with E-state index in [0.29, 0.717) is 17.1 Å². The topological polar surface area (TPSA) is 82.5 Å². The summed E-state index contributed by atoms with van der Waals surface area (Å²) in [5.41, 5.74) is 1.29. The van der Waals surface area contributed by atoms with Crippen LogP contribution < -0.4 is 5.32 Å². The molecule has 2 atom stereocenters. The van der Waals surface area contributed by atoms with Gasteiger partial charge in [0.05, 0.1) is 16.8 Å². The predicted molar refractivity (Wildman–Crippen MR) is 73.2 cm³/mol. The summed E-state index contributed by atoms with van der Waals surface area (Å²) in [6.45, 7) is 3.61. The second-order valence-electron chi connectivity index (χ2n) is 4.26. The number of carboxylic acids is 1. The number of carbonyl (C=O) groups excluding carboxylic acids is 1. The summed E-state index contributed by atoms with van der Waals surface area (Å²) in [5, 5.41) is 11.7. The van der Waals surface area contributed by atoms with Crippen LogP contribution in [0.1, 0.15) is 12.6 Å². The van der Waals surface area contributed by atoms with E-state index in [1.807, 2.05) is 6.92 Å². The molecule has 1 aliphatic heterocycles. The average Bonchev–Trinajstić information content (AvgIpc) is 2.74. The summed E-state index contributed by atoms with van der Waals surface area (Å²) < 4.78 is 0. The van der Waals surface area contributed by atoms with Gasteiger partial charge in [-0.3, -0.25) is 9.88 Å². The number of pyridine rings is 1. The lowest BCUT2D eigenvalue weighted by Gasteiger charge is -2.25. The Morgan fingerprint density at radius 2 is 2.32 bits per heavy atom. The Kier molecular flexibility index (Phi) is 3.94. The van der Waals surface area contributed by atoms with Crippen LogP contribution in [0.2, 0.25) is 0 Å². The van der Waals surface area contributed by atoms with Gasteiger partial charge in [-0.05, 0) is 26.0 Å². The number of amides is 2. The van der Waals surface area contributed by atoms with Crippen LogP contribution in [0.15, 0.2) is 18.3 Å². The molecule has 102 valence electrons. The third kappa shape index (κ3) is 2.81. The van der Waals surface area contributed by atoms with Crippen molar-refractivity contribution in [3.05, 3.63) is 24.0 Å². The van der Waals surface area contributed by atoms with Crippen molar-refractivity contribution in [2.75, 3.05) is 11.1 Å². The Hall–Kier alpha value is -1.76. The number of carboxylic acid groups (broad SMARTS) is 1. The van der Waals surface area contributed by atoms with Crippen LogP contribution in [-0.2, 0) is 4.79 Å². The van der Waals surface area contributed by atoms with Gasteiger partial charge < -0.3 is 10.4 Å². The number of thioether (sulfide) groups is 1. The van der Waals surface area contributed by atoms with Gasteiger partial charge in [0.25, 0.3) is 0 Å². The predicted octanol–water partition coefficient (Wildman–Crippen LogP) is 1.77. The molecular formula is C12H15N3O3S. The van der Waals surface area contributed by atoms with Gasteiger partial charge in [-0.1, -0.05) is 0 Å². The molecule has 1 saturated heterocycles. The van der Waals surface area contributed by atoms with Crippen LogP contribution in [0.3, 0.4) is 0 Å². The summed E-state index contributed by atoms with van der Waals surface area (Å²) >= 11 is 1.45. The molecule has 6 nitrogen and oxygen atoms in total. The summed E-state index contributed by atoms with van der Waals surface area (Å²) in [5.74, 6) is -0.564. The van der Waals surface area contributed by atoms with E-state index in [9.17, 15) is 9.59 Å². The zero-order valence-corrected chi connectivity index (χ0v) is 11.5. The van der Waals surface area contributed by atoms with Crippen molar-refractivity contribution in [3.63, 3.8) is 0 Å². The zero-order valence-electron chi connectivity index (χ0n) is 10.7. The molecule has 2 N–H and O–H groups in total. The number of carbonyl (C=O) groups is 2. The van der Waals surface area contributed by atoms with E-state index in [4.69, 9.17) is 5.11 Å². The molecule has 0 radical (unpaired) electrons. The van der Waals surface area contributed by atoms with E-state index >= 15 is 0 Å². The fourth-order valence-electron chi connectivity index (χ4n) is 1.94. The van der Waals surface area contributed by atoms with Crippen LogP contribution in [0.4, 0.5) is 10.5 Å². The van der Waals surface area contributed by atoms with Gasteiger partial charge in [-0.2, -0.15) is 0 Å². The molecule has 2 heterocycles. The van der Waals surface area contributed by atoms with Crippen LogP contribution in [0.5, 0.6) is 0 Å². The number of rotatable bonds is 2. The van der Waals surface area contributed by atoms with Gasteiger partial charge in [-0.15, -0.1) is 11.8 Å². The molecule has 2 unspecified atom stereocenters. The first-order valence-electron chi connectivity index (χ1n) is 5.86. The first-order chi connectivity index (χ1) is 9.00. The lowest BCUT2D eigenvalue weighted by atomic mass is 10.3. The summed E-state index contributed by atoms with van der Waals surface area (Å²) in [6, 6.07) is 2.28. The third-order valence-corrected chi connectivity index (χ3v) is 4.21. The quantitative estimate of drug-likeness (QED) is 0.863. The van der Waals surface area contributed by atoms with Crippen LogP contribution >= 0.6 is 11.8 Å². The fourth-order valence-corrected chi connectivity index (χ4v) is 3.10. The van der Waals surface area contributed by atoms with Crippen molar-refractivity contribution in [2.45, 2.75) is 25.3 Å². The minimum atomic E-state index is -0.977. The molecule has 0 spiro atoms. The number of nitrogens with zero attached hydrogens (tertiary/aromatic N) is 2. The number of aliphatic carboxylic acids is 1. The van der Waals surface area contributed by atoms with Crippen molar-refractivity contribution in [3.8, 4) is 0 Å². The number of aromatic nitrogens is 1. The molecule has 7 heteroatoms. The molecule has 1 aromatic heterocycles. The molecule has 0 bridgehead atoms. The highest BCUT2D eigenvalue weighted by molar-refractivity contribution is 8.00. The second-order valence-corrected chi connectivity index (χ2v) is 5.61. The summed E-state index contributed by atoms with van der Waals surface area (Å²) in [7, 11) is 0.